The van der Waals surface area contributed by atoms with Crippen LogP contribution in [0.25, 0.3) is 72.0 Å². The Morgan fingerprint density at radius 3 is 1.34 bits per heavy atom. The number of para-hydroxylation sites is 2. The summed E-state index contributed by atoms with van der Waals surface area (Å²) in [6.45, 7) is 4.69. The zero-order valence-electron chi connectivity index (χ0n) is 43.7. The molecule has 11 aromatic carbocycles. The van der Waals surface area contributed by atoms with Crippen molar-refractivity contribution in [3.8, 4) is 61.7 Å². The van der Waals surface area contributed by atoms with Crippen molar-refractivity contribution in [2.24, 2.45) is 0 Å². The SMILES string of the molecule is CCC(CC(C)c1ccc(-c2ccc3c(c2)c2cc(-c4ccc(-c5ccc(N(c6ccccc6)c6ccc(-c7ccccc7)cc6)cc5)cc4)ccc2n3-c2ccccc2)cc1)c1ccc(Oc2ccc3c(c2)CC3)cc1. The molecule has 0 spiro atoms. The summed E-state index contributed by atoms with van der Waals surface area (Å²) in [7, 11) is 0. The first-order chi connectivity index (χ1) is 38.0. The number of rotatable bonds is 15. The molecule has 2 atom stereocenters. The van der Waals surface area contributed by atoms with Crippen LogP contribution in [-0.4, -0.2) is 4.57 Å². The van der Waals surface area contributed by atoms with E-state index in [4.69, 9.17) is 4.74 Å². The van der Waals surface area contributed by atoms with E-state index in [2.05, 4.69) is 290 Å². The van der Waals surface area contributed by atoms with Crippen molar-refractivity contribution in [3.05, 3.63) is 289 Å². The van der Waals surface area contributed by atoms with Gasteiger partial charge in [0.1, 0.15) is 11.5 Å². The van der Waals surface area contributed by atoms with Crippen LogP contribution in [0.3, 0.4) is 0 Å². The van der Waals surface area contributed by atoms with Crippen LogP contribution in [0.1, 0.15) is 60.8 Å². The Balaban J connectivity index is 0.744. The molecule has 0 radical (unpaired) electrons. The van der Waals surface area contributed by atoms with E-state index in [1.54, 1.807) is 0 Å². The standard InChI is InChI=1S/C74H60N2O/c1-3-52(55-33-42-69(43-34-55)77-70-44-35-61-27-28-62(61)48-70)47-51(2)53-19-21-59(22-20-53)63-36-45-73-71(49-63)72-50-64(37-46-74(72)76(73)66-17-11-6-12-18-66)60-25-23-56(24-26-60)58-31-40-68(41-32-58)75(65-15-9-5-10-16-65)67-38-29-57(30-39-67)54-13-7-4-8-14-54/h4-26,29-46,48-52H,3,27-28,47H2,1-2H3. The predicted molar refractivity (Wildman–Crippen MR) is 324 cm³/mol. The normalized spacial score (nSPS) is 12.7. The molecule has 3 heteroatoms. The molecule has 372 valence electrons. The van der Waals surface area contributed by atoms with Crippen LogP contribution < -0.4 is 9.64 Å². The molecule has 0 aliphatic heterocycles. The maximum atomic E-state index is 6.25. The van der Waals surface area contributed by atoms with Gasteiger partial charge in [-0.05, 0) is 201 Å². The Kier molecular flexibility index (Phi) is 12.9. The highest BCUT2D eigenvalue weighted by atomic mass is 16.5. The van der Waals surface area contributed by atoms with E-state index in [0.717, 1.165) is 53.5 Å². The average molecular weight is 993 g/mol. The summed E-state index contributed by atoms with van der Waals surface area (Å²) in [4.78, 5) is 2.32. The fourth-order valence-corrected chi connectivity index (χ4v) is 11.6. The molecule has 1 aliphatic rings. The molecule has 0 N–H and O–H groups in total. The molecule has 3 nitrogen and oxygen atoms in total. The second kappa shape index (κ2) is 20.9. The summed E-state index contributed by atoms with van der Waals surface area (Å²) in [6, 6.07) is 97.3. The summed E-state index contributed by atoms with van der Waals surface area (Å²) in [5.41, 5.74) is 22.1. The Hall–Kier alpha value is -9.18. The Bertz CT molecular complexity index is 3980. The third-order valence-corrected chi connectivity index (χ3v) is 16.1. The molecule has 13 rings (SSSR count). The first-order valence-corrected chi connectivity index (χ1v) is 27.3. The smallest absolute Gasteiger partial charge is 0.127 e. The Labute approximate surface area is 453 Å². The summed E-state index contributed by atoms with van der Waals surface area (Å²) in [6.07, 6.45) is 4.52. The summed E-state index contributed by atoms with van der Waals surface area (Å²) < 4.78 is 8.66. The highest BCUT2D eigenvalue weighted by Gasteiger charge is 2.20. The van der Waals surface area contributed by atoms with Gasteiger partial charge in [0, 0.05) is 33.5 Å². The van der Waals surface area contributed by atoms with Gasteiger partial charge in [0.05, 0.1) is 11.0 Å². The van der Waals surface area contributed by atoms with Gasteiger partial charge < -0.3 is 14.2 Å². The number of aromatic nitrogens is 1. The Morgan fingerprint density at radius 2 is 0.818 bits per heavy atom. The molecule has 0 amide bonds. The van der Waals surface area contributed by atoms with E-state index in [-0.39, 0.29) is 0 Å². The summed E-state index contributed by atoms with van der Waals surface area (Å²) >= 11 is 0. The molecule has 1 heterocycles. The van der Waals surface area contributed by atoms with E-state index in [1.165, 1.54) is 95.0 Å². The topological polar surface area (TPSA) is 17.4 Å². The minimum Gasteiger partial charge on any atom is -0.457 e. The van der Waals surface area contributed by atoms with Gasteiger partial charge in [-0.1, -0.05) is 184 Å². The van der Waals surface area contributed by atoms with Crippen LogP contribution >= 0.6 is 0 Å². The van der Waals surface area contributed by atoms with Crippen LogP contribution in [0.15, 0.2) is 267 Å². The number of hydrogen-bond acceptors (Lipinski definition) is 2. The van der Waals surface area contributed by atoms with E-state index >= 15 is 0 Å². The molecular weight excluding hydrogens is 933 g/mol. The van der Waals surface area contributed by atoms with Crippen LogP contribution in [0.5, 0.6) is 11.5 Å². The van der Waals surface area contributed by atoms with Crippen molar-refractivity contribution < 1.29 is 4.74 Å². The molecule has 0 saturated carbocycles. The molecule has 0 fully saturated rings. The van der Waals surface area contributed by atoms with Crippen molar-refractivity contribution in [2.45, 2.75) is 51.4 Å². The molecule has 0 bridgehead atoms. The third kappa shape index (κ3) is 9.62. The second-order valence-electron chi connectivity index (χ2n) is 20.8. The molecule has 2 unspecified atom stereocenters. The van der Waals surface area contributed by atoms with Crippen LogP contribution in [0, 0.1) is 0 Å². The monoisotopic (exact) mass is 992 g/mol. The number of anilines is 3. The van der Waals surface area contributed by atoms with Crippen molar-refractivity contribution >= 4 is 38.9 Å². The van der Waals surface area contributed by atoms with Crippen LogP contribution in [0.2, 0.25) is 0 Å². The quantitative estimate of drug-likeness (QED) is 0.102. The van der Waals surface area contributed by atoms with Crippen molar-refractivity contribution in [2.75, 3.05) is 4.90 Å². The number of hydrogen-bond donors (Lipinski definition) is 0. The fraction of sp³-hybridized carbons (Fsp3) is 0.108. The number of nitrogens with zero attached hydrogens (tertiary/aromatic N) is 2. The van der Waals surface area contributed by atoms with Gasteiger partial charge in [0.25, 0.3) is 0 Å². The summed E-state index contributed by atoms with van der Waals surface area (Å²) in [5, 5.41) is 2.48. The number of aryl methyl sites for hydroxylation is 2. The van der Waals surface area contributed by atoms with Crippen LogP contribution in [0.4, 0.5) is 17.1 Å². The molecule has 12 aromatic rings. The van der Waals surface area contributed by atoms with E-state index in [1.807, 2.05) is 0 Å². The molecule has 0 saturated heterocycles. The predicted octanol–water partition coefficient (Wildman–Crippen LogP) is 20.5. The van der Waals surface area contributed by atoms with Crippen molar-refractivity contribution in [3.63, 3.8) is 0 Å². The molecular formula is C74H60N2O. The third-order valence-electron chi connectivity index (χ3n) is 16.1. The minimum atomic E-state index is 0.414. The van der Waals surface area contributed by atoms with Gasteiger partial charge in [-0.15, -0.1) is 0 Å². The lowest BCUT2D eigenvalue weighted by atomic mass is 9.84. The molecule has 1 aliphatic carbocycles. The largest absolute Gasteiger partial charge is 0.457 e. The lowest BCUT2D eigenvalue weighted by molar-refractivity contribution is 0.479. The summed E-state index contributed by atoms with van der Waals surface area (Å²) in [5.74, 6) is 2.71. The highest BCUT2D eigenvalue weighted by molar-refractivity contribution is 6.11. The maximum Gasteiger partial charge on any atom is 0.127 e. The lowest BCUT2D eigenvalue weighted by Gasteiger charge is -2.26. The van der Waals surface area contributed by atoms with Gasteiger partial charge in [-0.3, -0.25) is 0 Å². The first-order valence-electron chi connectivity index (χ1n) is 27.3. The molecule has 77 heavy (non-hydrogen) atoms. The fourth-order valence-electron chi connectivity index (χ4n) is 11.6. The van der Waals surface area contributed by atoms with Crippen molar-refractivity contribution in [1.82, 2.24) is 4.57 Å². The van der Waals surface area contributed by atoms with Crippen LogP contribution in [-0.2, 0) is 12.8 Å². The van der Waals surface area contributed by atoms with Gasteiger partial charge in [0.15, 0.2) is 0 Å². The van der Waals surface area contributed by atoms with Gasteiger partial charge in [-0.25, -0.2) is 0 Å². The van der Waals surface area contributed by atoms with E-state index in [9.17, 15) is 0 Å². The number of ether oxygens (including phenoxy) is 1. The molecule has 1 aromatic heterocycles. The van der Waals surface area contributed by atoms with E-state index in [0.29, 0.717) is 11.8 Å². The minimum absolute atomic E-state index is 0.414. The van der Waals surface area contributed by atoms with Gasteiger partial charge in [-0.2, -0.15) is 0 Å². The lowest BCUT2D eigenvalue weighted by Crippen LogP contribution is -2.09. The second-order valence-corrected chi connectivity index (χ2v) is 20.8. The van der Waals surface area contributed by atoms with Gasteiger partial charge >= 0.3 is 0 Å². The number of benzene rings is 11. The number of fused-ring (bicyclic) bond motifs is 4. The maximum absolute atomic E-state index is 6.25. The highest BCUT2D eigenvalue weighted by Crippen LogP contribution is 2.41. The average Bonchev–Trinajstić information content (AvgIpc) is 3.86. The zero-order chi connectivity index (χ0) is 51.7. The first kappa shape index (κ1) is 47.5. The van der Waals surface area contributed by atoms with Gasteiger partial charge in [0.2, 0.25) is 0 Å². The Morgan fingerprint density at radius 1 is 0.390 bits per heavy atom. The van der Waals surface area contributed by atoms with E-state index < -0.39 is 0 Å². The zero-order valence-corrected chi connectivity index (χ0v) is 43.7. The van der Waals surface area contributed by atoms with Crippen molar-refractivity contribution in [1.29, 1.82) is 0 Å².